The quantitative estimate of drug-likeness (QED) is 0.614. The van der Waals surface area contributed by atoms with Crippen molar-refractivity contribution in [2.75, 3.05) is 12.3 Å². The van der Waals surface area contributed by atoms with Crippen LogP contribution in [0.3, 0.4) is 0 Å². The topological polar surface area (TPSA) is 35.2 Å². The number of aryl methyl sites for hydroxylation is 1. The van der Waals surface area contributed by atoms with E-state index in [1.54, 1.807) is 6.07 Å². The summed E-state index contributed by atoms with van der Waals surface area (Å²) in [5, 5.41) is 0.561. The second-order valence-electron chi connectivity index (χ2n) is 3.69. The largest absolute Gasteiger partial charge is 0.493 e. The lowest BCUT2D eigenvalue weighted by Gasteiger charge is -2.10. The number of hydrogen-bond acceptors (Lipinski definition) is 2. The Bertz CT molecular complexity index is 326. The summed E-state index contributed by atoms with van der Waals surface area (Å²) in [6, 6.07) is 3.63. The van der Waals surface area contributed by atoms with Crippen LogP contribution in [0, 0.1) is 6.92 Å². The molecular weight excluding hydrogens is 210 g/mol. The minimum atomic E-state index is 0.561. The third-order valence-corrected chi connectivity index (χ3v) is 2.63. The van der Waals surface area contributed by atoms with Crippen LogP contribution in [-0.4, -0.2) is 6.61 Å². The molecule has 1 aromatic rings. The number of benzene rings is 1. The van der Waals surface area contributed by atoms with Gasteiger partial charge in [-0.15, -0.1) is 0 Å². The predicted octanol–water partition coefficient (Wildman–Crippen LogP) is 3.80. The average Bonchev–Trinajstić information content (AvgIpc) is 2.20. The lowest BCUT2D eigenvalue weighted by atomic mass is 10.2. The zero-order valence-corrected chi connectivity index (χ0v) is 10.1. The van der Waals surface area contributed by atoms with Gasteiger partial charge in [-0.2, -0.15) is 0 Å². The molecule has 84 valence electrons. The number of nitrogens with two attached hydrogens (primary N) is 1. The Kier molecular flexibility index (Phi) is 4.76. The number of ether oxygens (including phenoxy) is 1. The van der Waals surface area contributed by atoms with Crippen molar-refractivity contribution in [3.8, 4) is 5.75 Å². The first kappa shape index (κ1) is 12.2. The first-order valence-corrected chi connectivity index (χ1v) is 5.71. The van der Waals surface area contributed by atoms with Crippen molar-refractivity contribution in [3.05, 3.63) is 22.7 Å². The monoisotopic (exact) mass is 227 g/mol. The molecule has 0 fully saturated rings. The van der Waals surface area contributed by atoms with Crippen molar-refractivity contribution < 1.29 is 4.74 Å². The molecule has 0 aromatic heterocycles. The normalized spacial score (nSPS) is 10.3. The van der Waals surface area contributed by atoms with E-state index in [0.717, 1.165) is 24.3 Å². The maximum atomic E-state index is 5.92. The van der Waals surface area contributed by atoms with Gasteiger partial charge in [0.2, 0.25) is 0 Å². The summed E-state index contributed by atoms with van der Waals surface area (Å²) in [4.78, 5) is 0. The van der Waals surface area contributed by atoms with E-state index in [1.165, 1.54) is 12.8 Å². The molecule has 1 aromatic carbocycles. The Morgan fingerprint density at radius 3 is 2.73 bits per heavy atom. The molecule has 0 saturated heterocycles. The molecular formula is C12H18ClNO. The summed E-state index contributed by atoms with van der Waals surface area (Å²) in [5.41, 5.74) is 7.32. The second-order valence-corrected chi connectivity index (χ2v) is 4.10. The fourth-order valence-electron chi connectivity index (χ4n) is 1.38. The third kappa shape index (κ3) is 3.63. The standard InChI is InChI=1S/C12H18ClNO/c1-3-4-5-6-15-12-8-10(13)11(14)7-9(12)2/h7-8H,3-6,14H2,1-2H3. The van der Waals surface area contributed by atoms with Crippen LogP contribution in [0.2, 0.25) is 5.02 Å². The van der Waals surface area contributed by atoms with Crippen LogP contribution in [-0.2, 0) is 0 Å². The first-order chi connectivity index (χ1) is 7.15. The van der Waals surface area contributed by atoms with Crippen molar-refractivity contribution in [3.63, 3.8) is 0 Å². The zero-order chi connectivity index (χ0) is 11.3. The maximum absolute atomic E-state index is 5.92. The number of anilines is 1. The van der Waals surface area contributed by atoms with E-state index in [0.29, 0.717) is 10.7 Å². The SMILES string of the molecule is CCCCCOc1cc(Cl)c(N)cc1C. The third-order valence-electron chi connectivity index (χ3n) is 2.30. The van der Waals surface area contributed by atoms with Gasteiger partial charge < -0.3 is 10.5 Å². The summed E-state index contributed by atoms with van der Waals surface area (Å²) in [6.45, 7) is 4.89. The molecule has 3 heteroatoms. The fourth-order valence-corrected chi connectivity index (χ4v) is 1.53. The van der Waals surface area contributed by atoms with E-state index < -0.39 is 0 Å². The molecule has 0 radical (unpaired) electrons. The molecule has 0 atom stereocenters. The minimum Gasteiger partial charge on any atom is -0.493 e. The van der Waals surface area contributed by atoms with Gasteiger partial charge in [0, 0.05) is 6.07 Å². The molecule has 0 aliphatic carbocycles. The molecule has 0 unspecified atom stereocenters. The van der Waals surface area contributed by atoms with Crippen LogP contribution < -0.4 is 10.5 Å². The van der Waals surface area contributed by atoms with Crippen LogP contribution in [0.5, 0.6) is 5.75 Å². The highest BCUT2D eigenvalue weighted by molar-refractivity contribution is 6.33. The Morgan fingerprint density at radius 2 is 2.07 bits per heavy atom. The average molecular weight is 228 g/mol. The number of hydrogen-bond donors (Lipinski definition) is 1. The fraction of sp³-hybridized carbons (Fsp3) is 0.500. The minimum absolute atomic E-state index is 0.561. The van der Waals surface area contributed by atoms with Gasteiger partial charge in [-0.3, -0.25) is 0 Å². The Balaban J connectivity index is 2.57. The number of halogens is 1. The second kappa shape index (κ2) is 5.86. The molecule has 0 amide bonds. The number of unbranched alkanes of at least 4 members (excludes halogenated alkanes) is 2. The van der Waals surface area contributed by atoms with Gasteiger partial charge in [-0.25, -0.2) is 0 Å². The van der Waals surface area contributed by atoms with Crippen molar-refractivity contribution >= 4 is 17.3 Å². The van der Waals surface area contributed by atoms with Crippen LogP contribution in [0.1, 0.15) is 31.7 Å². The molecule has 2 nitrogen and oxygen atoms in total. The van der Waals surface area contributed by atoms with E-state index >= 15 is 0 Å². The van der Waals surface area contributed by atoms with Gasteiger partial charge in [-0.1, -0.05) is 31.4 Å². The van der Waals surface area contributed by atoms with Crippen molar-refractivity contribution in [2.45, 2.75) is 33.1 Å². The highest BCUT2D eigenvalue weighted by atomic mass is 35.5. The summed E-state index contributed by atoms with van der Waals surface area (Å²) in [7, 11) is 0. The molecule has 1 rings (SSSR count). The van der Waals surface area contributed by atoms with E-state index in [2.05, 4.69) is 6.92 Å². The lowest BCUT2D eigenvalue weighted by Crippen LogP contribution is -1.99. The smallest absolute Gasteiger partial charge is 0.123 e. The Labute approximate surface area is 96.4 Å². The summed E-state index contributed by atoms with van der Waals surface area (Å²) >= 11 is 5.92. The maximum Gasteiger partial charge on any atom is 0.123 e. The molecule has 0 heterocycles. The summed E-state index contributed by atoms with van der Waals surface area (Å²) in [6.07, 6.45) is 3.48. The van der Waals surface area contributed by atoms with Gasteiger partial charge in [0.15, 0.2) is 0 Å². The highest BCUT2D eigenvalue weighted by Gasteiger charge is 2.04. The van der Waals surface area contributed by atoms with Gasteiger partial charge in [0.25, 0.3) is 0 Å². The first-order valence-electron chi connectivity index (χ1n) is 5.33. The summed E-state index contributed by atoms with van der Waals surface area (Å²) < 4.78 is 5.63. The van der Waals surface area contributed by atoms with Gasteiger partial charge in [-0.05, 0) is 25.0 Å². The van der Waals surface area contributed by atoms with Crippen molar-refractivity contribution in [1.82, 2.24) is 0 Å². The van der Waals surface area contributed by atoms with E-state index in [-0.39, 0.29) is 0 Å². The molecule has 0 spiro atoms. The van der Waals surface area contributed by atoms with Crippen molar-refractivity contribution in [1.29, 1.82) is 0 Å². The molecule has 0 aliphatic heterocycles. The highest BCUT2D eigenvalue weighted by Crippen LogP contribution is 2.28. The van der Waals surface area contributed by atoms with Crippen molar-refractivity contribution in [2.24, 2.45) is 0 Å². The van der Waals surface area contributed by atoms with Gasteiger partial charge >= 0.3 is 0 Å². The molecule has 0 saturated carbocycles. The summed E-state index contributed by atoms with van der Waals surface area (Å²) in [5.74, 6) is 0.838. The number of rotatable bonds is 5. The lowest BCUT2D eigenvalue weighted by molar-refractivity contribution is 0.304. The molecule has 0 aliphatic rings. The van der Waals surface area contributed by atoms with E-state index in [9.17, 15) is 0 Å². The molecule has 15 heavy (non-hydrogen) atoms. The Hall–Kier alpha value is -0.890. The van der Waals surface area contributed by atoms with Gasteiger partial charge in [0.05, 0.1) is 17.3 Å². The Morgan fingerprint density at radius 1 is 1.33 bits per heavy atom. The van der Waals surface area contributed by atoms with Crippen LogP contribution in [0.25, 0.3) is 0 Å². The van der Waals surface area contributed by atoms with Gasteiger partial charge in [0.1, 0.15) is 5.75 Å². The molecule has 2 N–H and O–H groups in total. The van der Waals surface area contributed by atoms with Crippen LogP contribution in [0.4, 0.5) is 5.69 Å². The number of nitrogen functional groups attached to an aromatic ring is 1. The van der Waals surface area contributed by atoms with Crippen LogP contribution >= 0.6 is 11.6 Å². The van der Waals surface area contributed by atoms with E-state index in [1.807, 2.05) is 13.0 Å². The zero-order valence-electron chi connectivity index (χ0n) is 9.35. The predicted molar refractivity (Wildman–Crippen MR) is 65.6 cm³/mol. The molecule has 0 bridgehead atoms. The van der Waals surface area contributed by atoms with E-state index in [4.69, 9.17) is 22.1 Å². The van der Waals surface area contributed by atoms with Crippen LogP contribution in [0.15, 0.2) is 12.1 Å².